The van der Waals surface area contributed by atoms with Gasteiger partial charge in [-0.05, 0) is 42.1 Å². The summed E-state index contributed by atoms with van der Waals surface area (Å²) in [4.78, 5) is 24.3. The van der Waals surface area contributed by atoms with E-state index in [-0.39, 0.29) is 16.3 Å². The lowest BCUT2D eigenvalue weighted by Crippen LogP contribution is -2.17. The highest BCUT2D eigenvalue weighted by Gasteiger charge is 2.12. The van der Waals surface area contributed by atoms with Crippen LogP contribution < -0.4 is 10.2 Å². The van der Waals surface area contributed by atoms with Crippen LogP contribution in [0.5, 0.6) is 11.5 Å². The molecule has 0 spiro atoms. The van der Waals surface area contributed by atoms with Crippen molar-refractivity contribution in [2.45, 2.75) is 13.3 Å². The second kappa shape index (κ2) is 9.24. The molecule has 3 rings (SSSR count). The monoisotopic (exact) mass is 422 g/mol. The van der Waals surface area contributed by atoms with E-state index in [4.69, 9.17) is 16.3 Å². The summed E-state index contributed by atoms with van der Waals surface area (Å²) in [5, 5.41) is 15.1. The maximum atomic E-state index is 12.2. The zero-order chi connectivity index (χ0) is 21.7. The lowest BCUT2D eigenvalue weighted by atomic mass is 10.0. The van der Waals surface area contributed by atoms with Crippen molar-refractivity contribution in [1.29, 1.82) is 0 Å². The van der Waals surface area contributed by atoms with Gasteiger partial charge in [0.25, 0.3) is 5.91 Å². The molecule has 0 atom stereocenters. The first kappa shape index (κ1) is 21.1. The van der Waals surface area contributed by atoms with Gasteiger partial charge in [-0.1, -0.05) is 49.4 Å². The fourth-order valence-corrected chi connectivity index (χ4v) is 2.87. The van der Waals surface area contributed by atoms with Crippen molar-refractivity contribution in [3.05, 3.63) is 82.9 Å². The Kier molecular flexibility index (Phi) is 6.49. The lowest BCUT2D eigenvalue weighted by Gasteiger charge is -2.10. The Labute approximate surface area is 178 Å². The Hall–Kier alpha value is -3.64. The van der Waals surface area contributed by atoms with Gasteiger partial charge in [-0.15, -0.1) is 0 Å². The van der Waals surface area contributed by atoms with Crippen LogP contribution in [0.2, 0.25) is 5.02 Å². The van der Waals surface area contributed by atoms with Crippen molar-refractivity contribution in [3.63, 3.8) is 0 Å². The van der Waals surface area contributed by atoms with E-state index in [0.29, 0.717) is 17.7 Å². The van der Waals surface area contributed by atoms with Gasteiger partial charge in [-0.2, -0.15) is 5.10 Å². The van der Waals surface area contributed by atoms with Crippen LogP contribution >= 0.6 is 11.6 Å². The van der Waals surface area contributed by atoms with E-state index in [1.165, 1.54) is 24.4 Å². The van der Waals surface area contributed by atoms with E-state index in [1.807, 2.05) is 31.2 Å². The summed E-state index contributed by atoms with van der Waals surface area (Å²) in [5.74, 6) is -0.624. The first-order valence-corrected chi connectivity index (χ1v) is 9.52. The number of esters is 1. The molecule has 0 saturated carbocycles. The number of phenols is 1. The minimum atomic E-state index is -0.471. The van der Waals surface area contributed by atoms with Crippen molar-refractivity contribution in [2.75, 3.05) is 0 Å². The lowest BCUT2D eigenvalue weighted by molar-refractivity contribution is -0.130. The largest absolute Gasteiger partial charge is 0.506 e. The Morgan fingerprint density at radius 3 is 2.60 bits per heavy atom. The summed E-state index contributed by atoms with van der Waals surface area (Å²) in [5.41, 5.74) is 3.80. The smallest absolute Gasteiger partial charge is 0.338 e. The van der Waals surface area contributed by atoms with Crippen LogP contribution in [0.25, 0.3) is 10.8 Å². The van der Waals surface area contributed by atoms with Crippen LogP contribution in [0.15, 0.2) is 71.9 Å². The number of ether oxygens (including phenoxy) is 1. The van der Waals surface area contributed by atoms with Crippen LogP contribution in [-0.2, 0) is 4.79 Å². The molecule has 0 saturated heterocycles. The predicted molar refractivity (Wildman–Crippen MR) is 117 cm³/mol. The van der Waals surface area contributed by atoms with E-state index >= 15 is 0 Å². The van der Waals surface area contributed by atoms with Gasteiger partial charge in [0.2, 0.25) is 0 Å². The van der Waals surface area contributed by atoms with Crippen LogP contribution in [0.1, 0.15) is 29.3 Å². The van der Waals surface area contributed by atoms with Gasteiger partial charge in [0.15, 0.2) is 0 Å². The van der Waals surface area contributed by atoms with Gasteiger partial charge < -0.3 is 9.84 Å². The molecular formula is C23H19ClN2O4. The first-order valence-electron chi connectivity index (χ1n) is 9.14. The molecule has 3 aromatic carbocycles. The van der Waals surface area contributed by atoms with Crippen molar-refractivity contribution in [3.8, 4) is 11.5 Å². The minimum absolute atomic E-state index is 0.0773. The number of phenolic OH excluding ortho intramolecular Hbond substituents is 1. The quantitative estimate of drug-likeness (QED) is 0.196. The second-order valence-corrected chi connectivity index (χ2v) is 6.82. The molecule has 0 bridgehead atoms. The Bertz CT molecular complexity index is 1170. The highest BCUT2D eigenvalue weighted by molar-refractivity contribution is 6.32. The highest BCUT2D eigenvalue weighted by Crippen LogP contribution is 2.28. The number of carbonyl (C=O) groups is 2. The molecule has 1 amide bonds. The van der Waals surface area contributed by atoms with E-state index in [1.54, 1.807) is 12.1 Å². The molecule has 7 heteroatoms. The number of hydrogen-bond acceptors (Lipinski definition) is 5. The van der Waals surface area contributed by atoms with Gasteiger partial charge >= 0.3 is 5.97 Å². The zero-order valence-electron chi connectivity index (χ0n) is 16.2. The molecule has 3 aromatic rings. The molecule has 0 aliphatic rings. The Balaban J connectivity index is 1.82. The summed E-state index contributed by atoms with van der Waals surface area (Å²) in [6, 6.07) is 14.9. The maximum absolute atomic E-state index is 12.2. The van der Waals surface area contributed by atoms with Crippen LogP contribution in [0.4, 0.5) is 0 Å². The van der Waals surface area contributed by atoms with E-state index in [0.717, 1.165) is 16.3 Å². The minimum Gasteiger partial charge on any atom is -0.506 e. The van der Waals surface area contributed by atoms with Crippen molar-refractivity contribution in [2.24, 2.45) is 5.10 Å². The molecule has 0 aliphatic heterocycles. The van der Waals surface area contributed by atoms with Crippen LogP contribution in [0, 0.1) is 0 Å². The zero-order valence-corrected chi connectivity index (χ0v) is 16.9. The van der Waals surface area contributed by atoms with Crippen LogP contribution in [-0.4, -0.2) is 23.2 Å². The molecule has 2 N–H and O–H groups in total. The van der Waals surface area contributed by atoms with Gasteiger partial charge in [0, 0.05) is 22.1 Å². The fraction of sp³-hybridized carbons (Fsp3) is 0.0870. The SMILES string of the molecule is C=C(CC)C(=O)Oc1ccc(C=NNC(=O)c2ccc(O)c(Cl)c2)c2ccccc12. The summed E-state index contributed by atoms with van der Waals surface area (Å²) < 4.78 is 5.47. The Morgan fingerprint density at radius 2 is 1.90 bits per heavy atom. The molecule has 0 aliphatic carbocycles. The molecule has 152 valence electrons. The number of nitrogens with one attached hydrogen (secondary N) is 1. The molecule has 0 aromatic heterocycles. The number of hydrogen-bond donors (Lipinski definition) is 2. The fourth-order valence-electron chi connectivity index (χ4n) is 2.69. The number of hydrazone groups is 1. The van der Waals surface area contributed by atoms with E-state index in [9.17, 15) is 14.7 Å². The van der Waals surface area contributed by atoms with Gasteiger partial charge in [-0.25, -0.2) is 10.2 Å². The number of fused-ring (bicyclic) bond motifs is 1. The number of rotatable bonds is 6. The average molecular weight is 423 g/mol. The number of carbonyl (C=O) groups excluding carboxylic acids is 2. The molecule has 0 radical (unpaired) electrons. The highest BCUT2D eigenvalue weighted by atomic mass is 35.5. The van der Waals surface area contributed by atoms with Crippen molar-refractivity contribution in [1.82, 2.24) is 5.43 Å². The summed E-state index contributed by atoms with van der Waals surface area (Å²) >= 11 is 5.82. The van der Waals surface area contributed by atoms with E-state index in [2.05, 4.69) is 17.1 Å². The van der Waals surface area contributed by atoms with Gasteiger partial charge in [0.05, 0.1) is 11.2 Å². The number of amides is 1. The molecule has 0 heterocycles. The summed E-state index contributed by atoms with van der Waals surface area (Å²) in [6.45, 7) is 5.54. The van der Waals surface area contributed by atoms with Gasteiger partial charge in [0.1, 0.15) is 11.5 Å². The molecule has 0 unspecified atom stereocenters. The number of nitrogens with zero attached hydrogens (tertiary/aromatic N) is 1. The molecular weight excluding hydrogens is 404 g/mol. The topological polar surface area (TPSA) is 88.0 Å². The maximum Gasteiger partial charge on any atom is 0.338 e. The average Bonchev–Trinajstić information content (AvgIpc) is 2.76. The third-order valence-corrected chi connectivity index (χ3v) is 4.72. The third kappa shape index (κ3) is 4.67. The number of halogens is 1. The predicted octanol–water partition coefficient (Wildman–Crippen LogP) is 4.83. The number of benzene rings is 3. The summed E-state index contributed by atoms with van der Waals surface area (Å²) in [7, 11) is 0. The molecule has 6 nitrogen and oxygen atoms in total. The standard InChI is InChI=1S/C23H19ClN2O4/c1-3-14(2)23(29)30-21-11-9-16(17-6-4-5-7-18(17)21)13-25-26-22(28)15-8-10-20(27)19(24)12-15/h4-13,27H,2-3H2,1H3,(H,26,28). The van der Waals surface area contributed by atoms with Crippen LogP contribution in [0.3, 0.4) is 0 Å². The van der Waals surface area contributed by atoms with Crippen molar-refractivity contribution < 1.29 is 19.4 Å². The normalized spacial score (nSPS) is 10.9. The first-order chi connectivity index (χ1) is 14.4. The van der Waals surface area contributed by atoms with Gasteiger partial charge in [-0.3, -0.25) is 4.79 Å². The third-order valence-electron chi connectivity index (χ3n) is 4.42. The second-order valence-electron chi connectivity index (χ2n) is 6.41. The molecule has 0 fully saturated rings. The van der Waals surface area contributed by atoms with E-state index < -0.39 is 11.9 Å². The Morgan fingerprint density at radius 1 is 1.17 bits per heavy atom. The number of aromatic hydroxyl groups is 1. The summed E-state index contributed by atoms with van der Waals surface area (Å²) in [6.07, 6.45) is 2.01. The molecule has 30 heavy (non-hydrogen) atoms. The van der Waals surface area contributed by atoms with Crippen molar-refractivity contribution >= 4 is 40.5 Å².